The first-order valence-electron chi connectivity index (χ1n) is 12.6. The van der Waals surface area contributed by atoms with Crippen molar-refractivity contribution in [1.82, 2.24) is 0 Å². The smallest absolute Gasteiger partial charge is 0.291 e. The molecule has 3 aromatic rings. The zero-order chi connectivity index (χ0) is 27.5. The molecule has 3 unspecified atom stereocenters. The minimum atomic E-state index is -1.26. The molecule has 4 N–H and O–H groups in total. The molecule has 1 amide bonds. The highest BCUT2D eigenvalue weighted by Gasteiger charge is 2.28. The number of halogens is 1. The maximum absolute atomic E-state index is 14.2. The molecule has 200 valence electrons. The number of benzodiazepines with no additional fused rings is 1. The Labute approximate surface area is 225 Å². The fraction of sp³-hybridized carbons (Fsp3) is 0.241. The first-order chi connectivity index (χ1) is 18.8. The van der Waals surface area contributed by atoms with Crippen molar-refractivity contribution in [2.24, 2.45) is 15.7 Å². The number of amidine groups is 1. The van der Waals surface area contributed by atoms with Crippen LogP contribution in [-0.4, -0.2) is 55.0 Å². The molecule has 2 aliphatic rings. The molecule has 3 atom stereocenters. The van der Waals surface area contributed by atoms with E-state index < -0.39 is 23.9 Å². The largest absolute Gasteiger partial charge is 0.407 e. The van der Waals surface area contributed by atoms with E-state index in [0.717, 1.165) is 11.1 Å². The van der Waals surface area contributed by atoms with Crippen LogP contribution in [0.15, 0.2) is 82.8 Å². The van der Waals surface area contributed by atoms with Gasteiger partial charge in [-0.05, 0) is 38.1 Å². The third-order valence-corrected chi connectivity index (χ3v) is 6.39. The number of amides is 1. The molecule has 1 saturated heterocycles. The number of nitrogens with one attached hydrogen (secondary N) is 2. The van der Waals surface area contributed by atoms with E-state index in [-0.39, 0.29) is 18.1 Å². The van der Waals surface area contributed by atoms with Gasteiger partial charge in [0.1, 0.15) is 5.82 Å². The predicted octanol–water partition coefficient (Wildman–Crippen LogP) is 3.91. The van der Waals surface area contributed by atoms with Crippen LogP contribution in [0.2, 0.25) is 0 Å². The number of fused-ring (bicyclic) bond motifs is 1. The lowest BCUT2D eigenvalue weighted by molar-refractivity contribution is -0.117. The normalized spacial score (nSPS) is 21.4. The summed E-state index contributed by atoms with van der Waals surface area (Å²) in [6, 6.07) is 20.4. The Bertz CT molecular complexity index is 1450. The highest BCUT2D eigenvalue weighted by atomic mass is 19.1. The highest BCUT2D eigenvalue weighted by molar-refractivity contribution is 6.19. The summed E-state index contributed by atoms with van der Waals surface area (Å²) < 4.78 is 25.6. The Morgan fingerprint density at radius 1 is 1.10 bits per heavy atom. The minimum Gasteiger partial charge on any atom is -0.407 e. The van der Waals surface area contributed by atoms with Gasteiger partial charge in [0, 0.05) is 24.2 Å². The van der Waals surface area contributed by atoms with Crippen molar-refractivity contribution < 1.29 is 18.7 Å². The van der Waals surface area contributed by atoms with E-state index in [1.807, 2.05) is 67.3 Å². The SMILES string of the molecule is CC1CN(c2cc(F)ccc2C(=N)O/C(N)=N/C2N=C(c3ccccc3)c3ccccc3NC2=O)CC(C)O1. The Balaban J connectivity index is 1.43. The van der Waals surface area contributed by atoms with E-state index in [9.17, 15) is 9.18 Å². The molecule has 10 heteroatoms. The lowest BCUT2D eigenvalue weighted by atomic mass is 10.0. The lowest BCUT2D eigenvalue weighted by Gasteiger charge is -2.37. The van der Waals surface area contributed by atoms with Gasteiger partial charge >= 0.3 is 0 Å². The standard InChI is InChI=1S/C29H29FN6O3/c1-17-15-36(16-18(2)38-17)24-14-20(30)12-13-22(24)26(31)39-29(32)35-27-28(37)33-23-11-7-6-10-21(23)25(34-27)19-8-4-3-5-9-19/h3-14,17-18,27,31H,15-16H2,1-2H3,(H2,32,35)(H,33,37). The number of nitrogens with two attached hydrogens (primary N) is 1. The molecule has 0 spiro atoms. The second-order valence-electron chi connectivity index (χ2n) is 9.47. The van der Waals surface area contributed by atoms with Gasteiger partial charge in [0.05, 0.1) is 34.9 Å². The minimum absolute atomic E-state index is 0.0684. The zero-order valence-corrected chi connectivity index (χ0v) is 21.6. The van der Waals surface area contributed by atoms with Crippen LogP contribution >= 0.6 is 0 Å². The van der Waals surface area contributed by atoms with Crippen molar-refractivity contribution in [1.29, 1.82) is 5.41 Å². The summed E-state index contributed by atoms with van der Waals surface area (Å²) in [5.74, 6) is -1.26. The van der Waals surface area contributed by atoms with Gasteiger partial charge in [0.25, 0.3) is 11.9 Å². The zero-order valence-electron chi connectivity index (χ0n) is 21.6. The first kappa shape index (κ1) is 26.1. The number of morpholine rings is 1. The van der Waals surface area contributed by atoms with E-state index in [1.54, 1.807) is 6.07 Å². The van der Waals surface area contributed by atoms with E-state index in [0.29, 0.717) is 35.7 Å². The van der Waals surface area contributed by atoms with Crippen LogP contribution in [0, 0.1) is 11.2 Å². The summed E-state index contributed by atoms with van der Waals surface area (Å²) in [6.45, 7) is 4.93. The van der Waals surface area contributed by atoms with Crippen LogP contribution in [0.1, 0.15) is 30.5 Å². The molecule has 39 heavy (non-hydrogen) atoms. The molecule has 0 aromatic heterocycles. The summed E-state index contributed by atoms with van der Waals surface area (Å²) in [7, 11) is 0. The fourth-order valence-corrected chi connectivity index (χ4v) is 4.80. The molecule has 0 aliphatic carbocycles. The summed E-state index contributed by atoms with van der Waals surface area (Å²) in [4.78, 5) is 23.8. The number of carbonyl (C=O) groups excluding carboxylic acids is 1. The number of anilines is 2. The molecular weight excluding hydrogens is 499 g/mol. The quantitative estimate of drug-likeness (QED) is 0.350. The number of benzene rings is 3. The number of hydrogen-bond acceptors (Lipinski definition) is 7. The fourth-order valence-electron chi connectivity index (χ4n) is 4.80. The second-order valence-corrected chi connectivity index (χ2v) is 9.47. The number of nitrogens with zero attached hydrogens (tertiary/aromatic N) is 3. The number of para-hydroxylation sites is 1. The maximum atomic E-state index is 14.2. The summed E-state index contributed by atoms with van der Waals surface area (Å²) in [5, 5.41) is 11.4. The van der Waals surface area contributed by atoms with Crippen LogP contribution in [0.5, 0.6) is 0 Å². The van der Waals surface area contributed by atoms with Crippen molar-refractivity contribution in [3.63, 3.8) is 0 Å². The molecule has 1 fully saturated rings. The third kappa shape index (κ3) is 5.80. The number of carbonyl (C=O) groups is 1. The number of aliphatic imine (C=N–C) groups is 2. The van der Waals surface area contributed by atoms with Gasteiger partial charge in [-0.2, -0.15) is 4.99 Å². The van der Waals surface area contributed by atoms with E-state index in [2.05, 4.69) is 15.3 Å². The highest BCUT2D eigenvalue weighted by Crippen LogP contribution is 2.27. The molecular formula is C29H29FN6O3. The average molecular weight is 529 g/mol. The number of ether oxygens (including phenoxy) is 2. The van der Waals surface area contributed by atoms with Crippen LogP contribution in [0.3, 0.4) is 0 Å². The molecule has 2 aliphatic heterocycles. The van der Waals surface area contributed by atoms with Gasteiger partial charge in [-0.25, -0.2) is 9.38 Å². The Kier molecular flexibility index (Phi) is 7.38. The molecule has 0 radical (unpaired) electrons. The molecule has 5 rings (SSSR count). The van der Waals surface area contributed by atoms with E-state index >= 15 is 0 Å². The van der Waals surface area contributed by atoms with Gasteiger partial charge < -0.3 is 25.4 Å². The molecule has 0 saturated carbocycles. The van der Waals surface area contributed by atoms with Crippen LogP contribution in [-0.2, 0) is 14.3 Å². The Morgan fingerprint density at radius 2 is 1.79 bits per heavy atom. The molecule has 9 nitrogen and oxygen atoms in total. The van der Waals surface area contributed by atoms with Crippen molar-refractivity contribution in [2.75, 3.05) is 23.3 Å². The summed E-state index contributed by atoms with van der Waals surface area (Å²) in [6.07, 6.45) is -1.39. The van der Waals surface area contributed by atoms with Crippen molar-refractivity contribution >= 4 is 34.9 Å². The first-order valence-corrected chi connectivity index (χ1v) is 12.6. The van der Waals surface area contributed by atoms with Gasteiger partial charge in [-0.15, -0.1) is 0 Å². The van der Waals surface area contributed by atoms with E-state index in [4.69, 9.17) is 20.6 Å². The lowest BCUT2D eigenvalue weighted by Crippen LogP contribution is -2.46. The van der Waals surface area contributed by atoms with Crippen molar-refractivity contribution in [3.8, 4) is 0 Å². The van der Waals surface area contributed by atoms with Gasteiger partial charge in [-0.3, -0.25) is 10.2 Å². The van der Waals surface area contributed by atoms with Gasteiger partial charge in [0.2, 0.25) is 12.1 Å². The predicted molar refractivity (Wildman–Crippen MR) is 149 cm³/mol. The average Bonchev–Trinajstić information content (AvgIpc) is 3.04. The molecule has 3 aromatic carbocycles. The summed E-state index contributed by atoms with van der Waals surface area (Å²) in [5.41, 5.74) is 9.61. The van der Waals surface area contributed by atoms with Crippen molar-refractivity contribution in [3.05, 3.63) is 95.3 Å². The van der Waals surface area contributed by atoms with Crippen molar-refractivity contribution in [2.45, 2.75) is 32.2 Å². The Hall–Kier alpha value is -4.57. The molecule has 2 heterocycles. The molecule has 0 bridgehead atoms. The van der Waals surface area contributed by atoms with Crippen LogP contribution in [0.4, 0.5) is 15.8 Å². The van der Waals surface area contributed by atoms with Crippen LogP contribution < -0.4 is 16.0 Å². The monoisotopic (exact) mass is 528 g/mol. The van der Waals surface area contributed by atoms with Crippen LogP contribution in [0.25, 0.3) is 0 Å². The third-order valence-electron chi connectivity index (χ3n) is 6.39. The van der Waals surface area contributed by atoms with E-state index in [1.165, 1.54) is 18.2 Å². The van der Waals surface area contributed by atoms with Gasteiger partial charge in [-0.1, -0.05) is 48.5 Å². The maximum Gasteiger partial charge on any atom is 0.291 e. The second kappa shape index (κ2) is 11.0. The number of rotatable bonds is 4. The van der Waals surface area contributed by atoms with Gasteiger partial charge in [0.15, 0.2) is 0 Å². The number of hydrogen-bond donors (Lipinski definition) is 3. The summed E-state index contributed by atoms with van der Waals surface area (Å²) >= 11 is 0. The topological polar surface area (TPSA) is 125 Å². The Morgan fingerprint density at radius 3 is 2.54 bits per heavy atom.